The van der Waals surface area contributed by atoms with Gasteiger partial charge in [-0.3, -0.25) is 0 Å². The van der Waals surface area contributed by atoms with Gasteiger partial charge in [0.2, 0.25) is 0 Å². The molecule has 25 heavy (non-hydrogen) atoms. The van der Waals surface area contributed by atoms with Crippen molar-refractivity contribution in [3.05, 3.63) is 58.6 Å². The van der Waals surface area contributed by atoms with E-state index in [4.69, 9.17) is 23.2 Å². The predicted molar refractivity (Wildman–Crippen MR) is 101 cm³/mol. The van der Waals surface area contributed by atoms with Gasteiger partial charge in [0.15, 0.2) is 11.6 Å². The monoisotopic (exact) mass is 374 g/mol. The second kappa shape index (κ2) is 7.78. The van der Waals surface area contributed by atoms with Gasteiger partial charge in [0.25, 0.3) is 0 Å². The van der Waals surface area contributed by atoms with E-state index >= 15 is 0 Å². The minimum Gasteiger partial charge on any atom is -0.395 e. The van der Waals surface area contributed by atoms with Gasteiger partial charge in [0.1, 0.15) is 5.69 Å². The van der Waals surface area contributed by atoms with Gasteiger partial charge in [-0.1, -0.05) is 53.5 Å². The Kier molecular flexibility index (Phi) is 5.48. The standard InChI is InChI=1S/C18H16Cl2N4O/c1-24(9-10-25)18-16(12-5-3-2-4-6-12)22-23-17(21-18)14-8-7-13(19)11-15(14)20/h2-8,11,25H,9-10H2,1H3. The molecular weight excluding hydrogens is 359 g/mol. The van der Waals surface area contributed by atoms with Gasteiger partial charge < -0.3 is 10.0 Å². The lowest BCUT2D eigenvalue weighted by Gasteiger charge is -2.20. The third-order valence-corrected chi connectivity index (χ3v) is 4.23. The van der Waals surface area contributed by atoms with Crippen molar-refractivity contribution < 1.29 is 5.11 Å². The van der Waals surface area contributed by atoms with E-state index < -0.39 is 0 Å². The zero-order valence-corrected chi connectivity index (χ0v) is 15.0. The first-order chi connectivity index (χ1) is 12.1. The fourth-order valence-corrected chi connectivity index (χ4v) is 2.90. The van der Waals surface area contributed by atoms with Crippen molar-refractivity contribution in [2.24, 2.45) is 0 Å². The minimum absolute atomic E-state index is 0.00572. The number of likely N-dealkylation sites (N-methyl/N-ethyl adjacent to an activating group) is 1. The number of hydrogen-bond donors (Lipinski definition) is 1. The lowest BCUT2D eigenvalue weighted by Crippen LogP contribution is -2.24. The Labute approximate surface area is 155 Å². The molecule has 7 heteroatoms. The van der Waals surface area contributed by atoms with Gasteiger partial charge in [0, 0.05) is 29.7 Å². The smallest absolute Gasteiger partial charge is 0.185 e. The van der Waals surface area contributed by atoms with Crippen molar-refractivity contribution in [3.8, 4) is 22.6 Å². The van der Waals surface area contributed by atoms with Crippen LogP contribution < -0.4 is 4.90 Å². The number of anilines is 1. The van der Waals surface area contributed by atoms with Crippen LogP contribution >= 0.6 is 23.2 Å². The Morgan fingerprint density at radius 2 is 1.80 bits per heavy atom. The molecule has 0 amide bonds. The van der Waals surface area contributed by atoms with E-state index in [0.29, 0.717) is 39.5 Å². The van der Waals surface area contributed by atoms with Crippen LogP contribution in [0.4, 0.5) is 5.82 Å². The lowest BCUT2D eigenvalue weighted by atomic mass is 10.1. The van der Waals surface area contributed by atoms with Gasteiger partial charge in [-0.25, -0.2) is 4.98 Å². The van der Waals surface area contributed by atoms with Crippen molar-refractivity contribution in [1.29, 1.82) is 0 Å². The molecule has 0 bridgehead atoms. The number of benzene rings is 2. The quantitative estimate of drug-likeness (QED) is 0.732. The molecule has 5 nitrogen and oxygen atoms in total. The van der Waals surface area contributed by atoms with Gasteiger partial charge in [0.05, 0.1) is 11.6 Å². The third-order valence-electron chi connectivity index (χ3n) is 3.68. The number of nitrogens with zero attached hydrogens (tertiary/aromatic N) is 4. The van der Waals surface area contributed by atoms with Crippen molar-refractivity contribution in [2.45, 2.75) is 0 Å². The zero-order valence-electron chi connectivity index (χ0n) is 13.5. The normalized spacial score (nSPS) is 10.7. The third kappa shape index (κ3) is 3.90. The van der Waals surface area contributed by atoms with E-state index in [0.717, 1.165) is 5.56 Å². The lowest BCUT2D eigenvalue weighted by molar-refractivity contribution is 0.304. The Morgan fingerprint density at radius 1 is 1.04 bits per heavy atom. The molecule has 2 aromatic carbocycles. The summed E-state index contributed by atoms with van der Waals surface area (Å²) in [4.78, 5) is 6.48. The molecule has 1 N–H and O–H groups in total. The van der Waals surface area contributed by atoms with E-state index in [-0.39, 0.29) is 6.61 Å². The second-order valence-corrected chi connectivity index (χ2v) is 6.29. The van der Waals surface area contributed by atoms with Crippen LogP contribution in [0.2, 0.25) is 10.0 Å². The molecule has 0 atom stereocenters. The molecule has 0 fully saturated rings. The van der Waals surface area contributed by atoms with Gasteiger partial charge in [-0.2, -0.15) is 0 Å². The molecule has 0 radical (unpaired) electrons. The van der Waals surface area contributed by atoms with Crippen LogP contribution in [0.3, 0.4) is 0 Å². The highest BCUT2D eigenvalue weighted by atomic mass is 35.5. The van der Waals surface area contributed by atoms with Crippen LogP contribution in [0.5, 0.6) is 0 Å². The highest BCUT2D eigenvalue weighted by Gasteiger charge is 2.17. The molecule has 3 aromatic rings. The van der Waals surface area contributed by atoms with Crippen LogP contribution in [-0.2, 0) is 0 Å². The molecule has 3 rings (SSSR count). The summed E-state index contributed by atoms with van der Waals surface area (Å²) in [5.74, 6) is 1.03. The molecule has 0 aliphatic heterocycles. The SMILES string of the molecule is CN(CCO)c1nc(-c2ccc(Cl)cc2Cl)nnc1-c1ccccc1. The average molecular weight is 375 g/mol. The van der Waals surface area contributed by atoms with Crippen molar-refractivity contribution in [3.63, 3.8) is 0 Å². The predicted octanol–water partition coefficient (Wildman–Crippen LogP) is 3.94. The van der Waals surface area contributed by atoms with Crippen LogP contribution in [0, 0.1) is 0 Å². The summed E-state index contributed by atoms with van der Waals surface area (Å²) < 4.78 is 0. The highest BCUT2D eigenvalue weighted by molar-refractivity contribution is 6.36. The molecular formula is C18H16Cl2N4O. The molecule has 128 valence electrons. The number of aliphatic hydroxyl groups excluding tert-OH is 1. The molecule has 1 aromatic heterocycles. The zero-order chi connectivity index (χ0) is 17.8. The maximum absolute atomic E-state index is 9.28. The first-order valence-electron chi connectivity index (χ1n) is 7.67. The summed E-state index contributed by atoms with van der Waals surface area (Å²) in [5, 5.41) is 18.9. The maximum Gasteiger partial charge on any atom is 0.185 e. The van der Waals surface area contributed by atoms with Gasteiger partial charge in [-0.15, -0.1) is 10.2 Å². The summed E-state index contributed by atoms with van der Waals surface area (Å²) in [7, 11) is 1.85. The first kappa shape index (κ1) is 17.6. The number of hydrogen-bond acceptors (Lipinski definition) is 5. The second-order valence-electron chi connectivity index (χ2n) is 5.44. The van der Waals surface area contributed by atoms with E-state index in [1.165, 1.54) is 0 Å². The molecule has 0 aliphatic rings. The summed E-state index contributed by atoms with van der Waals surface area (Å²) in [6.07, 6.45) is 0. The molecule has 0 spiro atoms. The molecule has 0 saturated carbocycles. The van der Waals surface area contributed by atoms with E-state index in [2.05, 4.69) is 15.2 Å². The molecule has 0 saturated heterocycles. The Morgan fingerprint density at radius 3 is 2.48 bits per heavy atom. The highest BCUT2D eigenvalue weighted by Crippen LogP contribution is 2.31. The average Bonchev–Trinajstić information content (AvgIpc) is 2.62. The fourth-order valence-electron chi connectivity index (χ4n) is 2.41. The van der Waals surface area contributed by atoms with E-state index in [9.17, 15) is 5.11 Å². The summed E-state index contributed by atoms with van der Waals surface area (Å²) in [6, 6.07) is 14.8. The summed E-state index contributed by atoms with van der Waals surface area (Å²) in [5.41, 5.74) is 2.19. The molecule has 1 heterocycles. The van der Waals surface area contributed by atoms with Crippen LogP contribution in [-0.4, -0.2) is 40.5 Å². The first-order valence-corrected chi connectivity index (χ1v) is 8.43. The summed E-state index contributed by atoms with van der Waals surface area (Å²) >= 11 is 12.2. The molecule has 0 unspecified atom stereocenters. The van der Waals surface area contributed by atoms with Crippen LogP contribution in [0.1, 0.15) is 0 Å². The van der Waals surface area contributed by atoms with Crippen LogP contribution in [0.25, 0.3) is 22.6 Å². The largest absolute Gasteiger partial charge is 0.395 e. The number of aliphatic hydroxyl groups is 1. The Bertz CT molecular complexity index is 874. The Hall–Kier alpha value is -2.21. The van der Waals surface area contributed by atoms with E-state index in [1.54, 1.807) is 18.2 Å². The Balaban J connectivity index is 2.13. The number of halogens is 2. The summed E-state index contributed by atoms with van der Waals surface area (Å²) in [6.45, 7) is 0.429. The van der Waals surface area contributed by atoms with Crippen molar-refractivity contribution >= 4 is 29.0 Å². The van der Waals surface area contributed by atoms with Gasteiger partial charge >= 0.3 is 0 Å². The van der Waals surface area contributed by atoms with Gasteiger partial charge in [-0.05, 0) is 18.2 Å². The molecule has 0 aliphatic carbocycles. The minimum atomic E-state index is 0.00572. The van der Waals surface area contributed by atoms with Crippen LogP contribution in [0.15, 0.2) is 48.5 Å². The maximum atomic E-state index is 9.28. The topological polar surface area (TPSA) is 62.1 Å². The fraction of sp³-hybridized carbons (Fsp3) is 0.167. The van der Waals surface area contributed by atoms with Crippen molar-refractivity contribution in [1.82, 2.24) is 15.2 Å². The van der Waals surface area contributed by atoms with Crippen molar-refractivity contribution in [2.75, 3.05) is 25.1 Å². The van der Waals surface area contributed by atoms with E-state index in [1.807, 2.05) is 42.3 Å². The number of rotatable bonds is 5. The number of aromatic nitrogens is 3.